The third-order valence-electron chi connectivity index (χ3n) is 2.68. The van der Waals surface area contributed by atoms with Crippen LogP contribution >= 0.6 is 0 Å². The number of aryl methyl sites for hydroxylation is 1. The van der Waals surface area contributed by atoms with E-state index in [4.69, 9.17) is 4.52 Å². The van der Waals surface area contributed by atoms with Crippen LogP contribution in [0.1, 0.15) is 16.8 Å². The van der Waals surface area contributed by atoms with Crippen LogP contribution in [-0.4, -0.2) is 12.2 Å². The zero-order valence-corrected chi connectivity index (χ0v) is 9.87. The summed E-state index contributed by atoms with van der Waals surface area (Å²) in [4.78, 5) is 0. The molecule has 2 aromatic rings. The van der Waals surface area contributed by atoms with Gasteiger partial charge >= 0.3 is 0 Å². The molecule has 0 unspecified atom stereocenters. The Balaban J connectivity index is 2.37. The Morgan fingerprint density at radius 3 is 2.50 bits per heavy atom. The fourth-order valence-electron chi connectivity index (χ4n) is 1.68. The normalized spacial score (nSPS) is 10.7. The summed E-state index contributed by atoms with van der Waals surface area (Å²) in [5, 5.41) is 7.14. The molecule has 0 amide bonds. The Hall–Kier alpha value is -1.61. The number of benzene rings is 1. The predicted molar refractivity (Wildman–Crippen MR) is 64.2 cm³/mol. The molecule has 0 saturated heterocycles. The Morgan fingerprint density at radius 1 is 1.19 bits per heavy atom. The zero-order chi connectivity index (χ0) is 11.5. The molecule has 1 aromatic heterocycles. The monoisotopic (exact) mass is 216 g/mol. The molecule has 3 nitrogen and oxygen atoms in total. The second kappa shape index (κ2) is 4.49. The maximum atomic E-state index is 5.38. The standard InChI is InChI=1S/C13H16N2O/c1-9-4-6-11(7-5-9)13-10(2)12(8-14-3)15-16-13/h4-7,14H,8H2,1-3H3. The molecule has 2 rings (SSSR count). The van der Waals surface area contributed by atoms with Gasteiger partial charge in [0.2, 0.25) is 0 Å². The quantitative estimate of drug-likeness (QED) is 0.857. The first-order valence-corrected chi connectivity index (χ1v) is 5.39. The van der Waals surface area contributed by atoms with Crippen molar-refractivity contribution in [1.82, 2.24) is 10.5 Å². The van der Waals surface area contributed by atoms with Crippen LogP contribution in [0.2, 0.25) is 0 Å². The summed E-state index contributed by atoms with van der Waals surface area (Å²) in [6.07, 6.45) is 0. The SMILES string of the molecule is CNCc1noc(-c2ccc(C)cc2)c1C. The lowest BCUT2D eigenvalue weighted by molar-refractivity contribution is 0.421. The maximum Gasteiger partial charge on any atom is 0.170 e. The minimum atomic E-state index is 0.737. The molecule has 1 N–H and O–H groups in total. The lowest BCUT2D eigenvalue weighted by Gasteiger charge is -1.99. The lowest BCUT2D eigenvalue weighted by Crippen LogP contribution is -2.06. The van der Waals surface area contributed by atoms with Crippen molar-refractivity contribution in [3.8, 4) is 11.3 Å². The van der Waals surface area contributed by atoms with Gasteiger partial charge in [0.15, 0.2) is 5.76 Å². The average Bonchev–Trinajstić information content (AvgIpc) is 2.63. The molecule has 3 heteroatoms. The summed E-state index contributed by atoms with van der Waals surface area (Å²) < 4.78 is 5.38. The third kappa shape index (κ3) is 1.99. The van der Waals surface area contributed by atoms with Gasteiger partial charge in [-0.3, -0.25) is 0 Å². The van der Waals surface area contributed by atoms with Crippen molar-refractivity contribution in [2.24, 2.45) is 0 Å². The second-order valence-electron chi connectivity index (χ2n) is 3.98. The van der Waals surface area contributed by atoms with E-state index < -0.39 is 0 Å². The van der Waals surface area contributed by atoms with Crippen LogP contribution < -0.4 is 5.32 Å². The van der Waals surface area contributed by atoms with Crippen LogP contribution in [0.5, 0.6) is 0 Å². The number of rotatable bonds is 3. The highest BCUT2D eigenvalue weighted by Crippen LogP contribution is 2.25. The van der Waals surface area contributed by atoms with Crippen LogP contribution in [0.25, 0.3) is 11.3 Å². The van der Waals surface area contributed by atoms with Crippen molar-refractivity contribution in [2.75, 3.05) is 7.05 Å². The Morgan fingerprint density at radius 2 is 1.88 bits per heavy atom. The van der Waals surface area contributed by atoms with Crippen LogP contribution in [0.4, 0.5) is 0 Å². The lowest BCUT2D eigenvalue weighted by atomic mass is 10.1. The van der Waals surface area contributed by atoms with Gasteiger partial charge in [0.05, 0.1) is 0 Å². The van der Waals surface area contributed by atoms with Gasteiger partial charge in [0.25, 0.3) is 0 Å². The topological polar surface area (TPSA) is 38.1 Å². The molecule has 0 spiro atoms. The highest BCUT2D eigenvalue weighted by molar-refractivity contribution is 5.61. The molecule has 0 aliphatic rings. The van der Waals surface area contributed by atoms with Crippen LogP contribution in [0, 0.1) is 13.8 Å². The number of hydrogen-bond donors (Lipinski definition) is 1. The number of nitrogens with one attached hydrogen (secondary N) is 1. The second-order valence-corrected chi connectivity index (χ2v) is 3.98. The number of hydrogen-bond acceptors (Lipinski definition) is 3. The molecule has 0 fully saturated rings. The zero-order valence-electron chi connectivity index (χ0n) is 9.87. The molecule has 1 aromatic carbocycles. The van der Waals surface area contributed by atoms with Gasteiger partial charge < -0.3 is 9.84 Å². The summed E-state index contributed by atoms with van der Waals surface area (Å²) in [5.74, 6) is 0.866. The first-order chi connectivity index (χ1) is 7.72. The molecule has 0 saturated carbocycles. The van der Waals surface area contributed by atoms with Gasteiger partial charge in [-0.1, -0.05) is 35.0 Å². The molecule has 0 aliphatic heterocycles. The van der Waals surface area contributed by atoms with Gasteiger partial charge in [-0.2, -0.15) is 0 Å². The van der Waals surface area contributed by atoms with Crippen molar-refractivity contribution in [3.05, 3.63) is 41.1 Å². The molecular weight excluding hydrogens is 200 g/mol. The first kappa shape index (κ1) is 10.9. The molecular formula is C13H16N2O. The number of aromatic nitrogens is 1. The van der Waals surface area contributed by atoms with Crippen molar-refractivity contribution in [2.45, 2.75) is 20.4 Å². The summed E-state index contributed by atoms with van der Waals surface area (Å²) >= 11 is 0. The predicted octanol–water partition coefficient (Wildman–Crippen LogP) is 2.68. The van der Waals surface area contributed by atoms with E-state index in [2.05, 4.69) is 41.7 Å². The molecule has 0 atom stereocenters. The molecule has 0 radical (unpaired) electrons. The summed E-state index contributed by atoms with van der Waals surface area (Å²) in [6.45, 7) is 4.85. The van der Waals surface area contributed by atoms with E-state index >= 15 is 0 Å². The Labute approximate surface area is 95.5 Å². The van der Waals surface area contributed by atoms with Crippen molar-refractivity contribution >= 4 is 0 Å². The summed E-state index contributed by atoms with van der Waals surface area (Å²) in [5.41, 5.74) is 4.41. The van der Waals surface area contributed by atoms with Crippen LogP contribution in [0.15, 0.2) is 28.8 Å². The van der Waals surface area contributed by atoms with Crippen LogP contribution in [0.3, 0.4) is 0 Å². The van der Waals surface area contributed by atoms with Crippen molar-refractivity contribution < 1.29 is 4.52 Å². The van der Waals surface area contributed by atoms with Gasteiger partial charge in [0.1, 0.15) is 5.69 Å². The van der Waals surface area contributed by atoms with E-state index in [9.17, 15) is 0 Å². The maximum absolute atomic E-state index is 5.38. The largest absolute Gasteiger partial charge is 0.356 e. The van der Waals surface area contributed by atoms with E-state index in [0.29, 0.717) is 0 Å². The smallest absolute Gasteiger partial charge is 0.170 e. The van der Waals surface area contributed by atoms with Gasteiger partial charge in [-0.05, 0) is 20.9 Å². The van der Waals surface area contributed by atoms with E-state index in [1.165, 1.54) is 5.56 Å². The first-order valence-electron chi connectivity index (χ1n) is 5.39. The van der Waals surface area contributed by atoms with E-state index in [-0.39, 0.29) is 0 Å². The minimum Gasteiger partial charge on any atom is -0.356 e. The fraction of sp³-hybridized carbons (Fsp3) is 0.308. The summed E-state index contributed by atoms with van der Waals surface area (Å²) in [6, 6.07) is 8.28. The number of nitrogens with zero attached hydrogens (tertiary/aromatic N) is 1. The third-order valence-corrected chi connectivity index (χ3v) is 2.68. The van der Waals surface area contributed by atoms with Crippen molar-refractivity contribution in [1.29, 1.82) is 0 Å². The van der Waals surface area contributed by atoms with Gasteiger partial charge in [-0.25, -0.2) is 0 Å². The minimum absolute atomic E-state index is 0.737. The van der Waals surface area contributed by atoms with E-state index in [1.807, 2.05) is 14.0 Å². The Kier molecular flexibility index (Phi) is 3.06. The van der Waals surface area contributed by atoms with Gasteiger partial charge in [-0.15, -0.1) is 0 Å². The molecule has 0 bridgehead atoms. The molecule has 84 valence electrons. The fourth-order valence-corrected chi connectivity index (χ4v) is 1.68. The van der Waals surface area contributed by atoms with Crippen LogP contribution in [-0.2, 0) is 6.54 Å². The molecule has 1 heterocycles. The Bertz CT molecular complexity index is 471. The molecule has 0 aliphatic carbocycles. The average molecular weight is 216 g/mol. The highest BCUT2D eigenvalue weighted by atomic mass is 16.5. The highest BCUT2D eigenvalue weighted by Gasteiger charge is 2.12. The van der Waals surface area contributed by atoms with E-state index in [0.717, 1.165) is 29.1 Å². The summed E-state index contributed by atoms with van der Waals surface area (Å²) in [7, 11) is 1.90. The molecule has 16 heavy (non-hydrogen) atoms. The van der Waals surface area contributed by atoms with Gasteiger partial charge in [0, 0.05) is 17.7 Å². The van der Waals surface area contributed by atoms with Crippen molar-refractivity contribution in [3.63, 3.8) is 0 Å². The van der Waals surface area contributed by atoms with E-state index in [1.54, 1.807) is 0 Å².